The van der Waals surface area contributed by atoms with Gasteiger partial charge in [-0.3, -0.25) is 9.78 Å². The van der Waals surface area contributed by atoms with Gasteiger partial charge in [0.05, 0.1) is 0 Å². The monoisotopic (exact) mass is 291 g/mol. The Hall–Kier alpha value is -2.15. The standard InChI is InChI=1S/C14H21N5O2/c1-18(2)11-4-3-7-19(9-11)14(20)12-6-5-10(8-16-12)13(15)17-21/h5-6,8,11,21H,3-4,7,9H2,1-2H3,(H2,15,17). The number of hydrogen-bond donors (Lipinski definition) is 2. The molecular formula is C14H21N5O2. The lowest BCUT2D eigenvalue weighted by atomic mass is 10.0. The Balaban J connectivity index is 2.09. The molecule has 0 spiro atoms. The van der Waals surface area contributed by atoms with E-state index in [1.165, 1.54) is 6.20 Å². The Kier molecular flexibility index (Phi) is 4.74. The van der Waals surface area contributed by atoms with Crippen LogP contribution in [0.2, 0.25) is 0 Å². The van der Waals surface area contributed by atoms with Crippen LogP contribution in [0, 0.1) is 0 Å². The van der Waals surface area contributed by atoms with Crippen molar-refractivity contribution in [3.63, 3.8) is 0 Å². The second-order valence-electron chi connectivity index (χ2n) is 5.43. The Bertz CT molecular complexity index is 527. The van der Waals surface area contributed by atoms with Crippen molar-refractivity contribution in [2.24, 2.45) is 10.9 Å². The molecule has 7 nitrogen and oxygen atoms in total. The average Bonchev–Trinajstić information content (AvgIpc) is 2.53. The number of likely N-dealkylation sites (N-methyl/N-ethyl adjacent to an activating group) is 1. The molecule has 1 aromatic rings. The summed E-state index contributed by atoms with van der Waals surface area (Å²) in [7, 11) is 4.06. The fourth-order valence-electron chi connectivity index (χ4n) is 2.45. The maximum absolute atomic E-state index is 12.5. The van der Waals surface area contributed by atoms with Crippen molar-refractivity contribution >= 4 is 11.7 Å². The summed E-state index contributed by atoms with van der Waals surface area (Å²) in [4.78, 5) is 20.5. The molecule has 21 heavy (non-hydrogen) atoms. The summed E-state index contributed by atoms with van der Waals surface area (Å²) in [6.45, 7) is 1.47. The highest BCUT2D eigenvalue weighted by Crippen LogP contribution is 2.16. The molecule has 1 aliphatic rings. The third-order valence-corrected chi connectivity index (χ3v) is 3.80. The Morgan fingerprint density at radius 2 is 2.29 bits per heavy atom. The number of oxime groups is 1. The third-order valence-electron chi connectivity index (χ3n) is 3.80. The lowest BCUT2D eigenvalue weighted by Crippen LogP contribution is -2.47. The Labute approximate surface area is 124 Å². The normalized spacial score (nSPS) is 19.9. The second kappa shape index (κ2) is 6.53. The predicted octanol–water partition coefficient (Wildman–Crippen LogP) is 0.342. The largest absolute Gasteiger partial charge is 0.409 e. The SMILES string of the molecule is CN(C)C1CCCN(C(=O)c2ccc(C(N)=NO)cn2)C1. The number of amides is 1. The summed E-state index contributed by atoms with van der Waals surface area (Å²) in [6, 6.07) is 3.62. The van der Waals surface area contributed by atoms with Crippen LogP contribution in [0.5, 0.6) is 0 Å². The lowest BCUT2D eigenvalue weighted by Gasteiger charge is -2.35. The molecule has 0 aromatic carbocycles. The van der Waals surface area contributed by atoms with Gasteiger partial charge in [-0.1, -0.05) is 5.16 Å². The van der Waals surface area contributed by atoms with Gasteiger partial charge >= 0.3 is 0 Å². The number of rotatable bonds is 3. The van der Waals surface area contributed by atoms with Crippen LogP contribution >= 0.6 is 0 Å². The first kappa shape index (κ1) is 15.2. The molecule has 1 unspecified atom stereocenters. The molecule has 114 valence electrons. The number of nitrogens with zero attached hydrogens (tertiary/aromatic N) is 4. The molecule has 1 aromatic heterocycles. The summed E-state index contributed by atoms with van der Waals surface area (Å²) in [5.74, 6) is -0.0975. The Morgan fingerprint density at radius 1 is 1.52 bits per heavy atom. The third kappa shape index (κ3) is 3.49. The van der Waals surface area contributed by atoms with E-state index in [1.807, 2.05) is 19.0 Å². The zero-order chi connectivity index (χ0) is 15.4. The lowest BCUT2D eigenvalue weighted by molar-refractivity contribution is 0.0629. The van der Waals surface area contributed by atoms with Gasteiger partial charge in [0.15, 0.2) is 5.84 Å². The van der Waals surface area contributed by atoms with Crippen molar-refractivity contribution in [2.75, 3.05) is 27.2 Å². The minimum absolute atomic E-state index is 0.0212. The van der Waals surface area contributed by atoms with E-state index < -0.39 is 0 Å². The van der Waals surface area contributed by atoms with Crippen LogP contribution in [0.15, 0.2) is 23.5 Å². The van der Waals surface area contributed by atoms with Gasteiger partial charge in [0.2, 0.25) is 0 Å². The molecule has 0 bridgehead atoms. The van der Waals surface area contributed by atoms with Crippen molar-refractivity contribution in [3.05, 3.63) is 29.6 Å². The molecular weight excluding hydrogens is 270 g/mol. The van der Waals surface area contributed by atoms with Crippen molar-refractivity contribution in [1.82, 2.24) is 14.8 Å². The van der Waals surface area contributed by atoms with Crippen molar-refractivity contribution in [3.8, 4) is 0 Å². The van der Waals surface area contributed by atoms with Gasteiger partial charge < -0.3 is 20.7 Å². The van der Waals surface area contributed by atoms with Gasteiger partial charge in [-0.2, -0.15) is 0 Å². The average molecular weight is 291 g/mol. The van der Waals surface area contributed by atoms with Gasteiger partial charge in [-0.05, 0) is 39.1 Å². The number of carbonyl (C=O) groups is 1. The van der Waals surface area contributed by atoms with Crippen LogP contribution in [0.25, 0.3) is 0 Å². The molecule has 1 amide bonds. The number of likely N-dealkylation sites (tertiary alicyclic amines) is 1. The van der Waals surface area contributed by atoms with E-state index in [-0.39, 0.29) is 11.7 Å². The van der Waals surface area contributed by atoms with Crippen LogP contribution in [-0.4, -0.2) is 65.0 Å². The van der Waals surface area contributed by atoms with Crippen molar-refractivity contribution in [2.45, 2.75) is 18.9 Å². The van der Waals surface area contributed by atoms with Gasteiger partial charge in [-0.25, -0.2) is 0 Å². The first-order chi connectivity index (χ1) is 10.0. The molecule has 1 saturated heterocycles. The van der Waals surface area contributed by atoms with E-state index in [2.05, 4.69) is 15.0 Å². The number of piperidine rings is 1. The topological polar surface area (TPSA) is 95.0 Å². The molecule has 0 saturated carbocycles. The fraction of sp³-hybridized carbons (Fsp3) is 0.500. The number of carbonyl (C=O) groups excluding carboxylic acids is 1. The first-order valence-corrected chi connectivity index (χ1v) is 6.92. The fourth-order valence-corrected chi connectivity index (χ4v) is 2.45. The number of aromatic nitrogens is 1. The van der Waals surface area contributed by atoms with Gasteiger partial charge in [0.1, 0.15) is 5.69 Å². The van der Waals surface area contributed by atoms with Crippen LogP contribution in [0.3, 0.4) is 0 Å². The van der Waals surface area contributed by atoms with E-state index in [0.29, 0.717) is 17.3 Å². The van der Waals surface area contributed by atoms with Gasteiger partial charge in [0.25, 0.3) is 5.91 Å². The first-order valence-electron chi connectivity index (χ1n) is 6.92. The molecule has 7 heteroatoms. The second-order valence-corrected chi connectivity index (χ2v) is 5.43. The van der Waals surface area contributed by atoms with Crippen molar-refractivity contribution in [1.29, 1.82) is 0 Å². The summed E-state index contributed by atoms with van der Waals surface area (Å²) in [5.41, 5.74) is 6.34. The molecule has 1 atom stereocenters. The number of hydrogen-bond acceptors (Lipinski definition) is 5. The molecule has 1 fully saturated rings. The summed E-state index contributed by atoms with van der Waals surface area (Å²) >= 11 is 0. The van der Waals surface area contributed by atoms with Crippen LogP contribution in [0.1, 0.15) is 28.9 Å². The van der Waals surface area contributed by atoms with Gasteiger partial charge in [0, 0.05) is 30.9 Å². The maximum atomic E-state index is 12.5. The van der Waals surface area contributed by atoms with E-state index in [4.69, 9.17) is 10.9 Å². The van der Waals surface area contributed by atoms with E-state index in [9.17, 15) is 4.79 Å². The van der Waals surface area contributed by atoms with Crippen LogP contribution in [-0.2, 0) is 0 Å². The quantitative estimate of drug-likeness (QED) is 0.362. The highest BCUT2D eigenvalue weighted by Gasteiger charge is 2.26. The summed E-state index contributed by atoms with van der Waals surface area (Å²) in [6.07, 6.45) is 3.54. The summed E-state index contributed by atoms with van der Waals surface area (Å²) < 4.78 is 0. The molecule has 1 aliphatic heterocycles. The molecule has 2 rings (SSSR count). The molecule has 0 radical (unpaired) electrons. The Morgan fingerprint density at radius 3 is 2.86 bits per heavy atom. The van der Waals surface area contributed by atoms with Crippen LogP contribution < -0.4 is 5.73 Å². The highest BCUT2D eigenvalue weighted by atomic mass is 16.4. The number of amidine groups is 1. The molecule has 3 N–H and O–H groups in total. The minimum Gasteiger partial charge on any atom is -0.409 e. The smallest absolute Gasteiger partial charge is 0.272 e. The van der Waals surface area contributed by atoms with E-state index in [1.54, 1.807) is 12.1 Å². The minimum atomic E-state index is -0.0763. The van der Waals surface area contributed by atoms with Gasteiger partial charge in [-0.15, -0.1) is 0 Å². The number of nitrogens with two attached hydrogens (primary N) is 1. The van der Waals surface area contributed by atoms with E-state index >= 15 is 0 Å². The number of pyridine rings is 1. The molecule has 0 aliphatic carbocycles. The van der Waals surface area contributed by atoms with E-state index in [0.717, 1.165) is 25.9 Å². The predicted molar refractivity (Wildman–Crippen MR) is 79.4 cm³/mol. The zero-order valence-electron chi connectivity index (χ0n) is 12.4. The maximum Gasteiger partial charge on any atom is 0.272 e. The zero-order valence-corrected chi connectivity index (χ0v) is 12.4. The highest BCUT2D eigenvalue weighted by molar-refractivity contribution is 5.98. The van der Waals surface area contributed by atoms with Crippen molar-refractivity contribution < 1.29 is 10.0 Å². The molecule has 2 heterocycles. The van der Waals surface area contributed by atoms with Crippen LogP contribution in [0.4, 0.5) is 0 Å². The summed E-state index contributed by atoms with van der Waals surface area (Å²) in [5, 5.41) is 11.5.